The highest BCUT2D eigenvalue weighted by Gasteiger charge is 2.29. The summed E-state index contributed by atoms with van der Waals surface area (Å²) in [6.45, 7) is 8.81. The van der Waals surface area contributed by atoms with Gasteiger partial charge in [-0.3, -0.25) is 0 Å². The summed E-state index contributed by atoms with van der Waals surface area (Å²) >= 11 is 0. The molecule has 2 aliphatic rings. The lowest BCUT2D eigenvalue weighted by molar-refractivity contribution is -0.141. The number of carbonyl (C=O) groups is 1. The van der Waals surface area contributed by atoms with Crippen LogP contribution in [0, 0.1) is 23.7 Å². The summed E-state index contributed by atoms with van der Waals surface area (Å²) in [5, 5.41) is 9.69. The maximum Gasteiger partial charge on any atom is 0.333 e. The maximum atomic E-state index is 11.6. The van der Waals surface area contributed by atoms with Crippen LogP contribution < -0.4 is 0 Å². The number of esters is 1. The van der Waals surface area contributed by atoms with Crippen LogP contribution in [0.15, 0.2) is 12.2 Å². The smallest absolute Gasteiger partial charge is 0.333 e. The molecule has 2 saturated carbocycles. The highest BCUT2D eigenvalue weighted by Crippen LogP contribution is 2.35. The summed E-state index contributed by atoms with van der Waals surface area (Å²) in [6.07, 6.45) is 12.8. The number of aliphatic hydroxyl groups excluding tert-OH is 1. The molecule has 0 aromatic heterocycles. The topological polar surface area (TPSA) is 55.8 Å². The van der Waals surface area contributed by atoms with Crippen LogP contribution >= 0.6 is 0 Å². The minimum Gasteiger partial charge on any atom is -0.462 e. The third-order valence-electron chi connectivity index (χ3n) is 6.63. The van der Waals surface area contributed by atoms with Gasteiger partial charge in [0.15, 0.2) is 0 Å². The van der Waals surface area contributed by atoms with Crippen molar-refractivity contribution >= 4 is 5.97 Å². The molecule has 0 aromatic carbocycles. The third kappa shape index (κ3) is 7.57. The average Bonchev–Trinajstić information content (AvgIpc) is 2.68. The van der Waals surface area contributed by atoms with Gasteiger partial charge in [0, 0.05) is 24.7 Å². The van der Waals surface area contributed by atoms with E-state index >= 15 is 0 Å². The average molecular weight is 381 g/mol. The van der Waals surface area contributed by atoms with E-state index in [4.69, 9.17) is 9.47 Å². The molecule has 2 rings (SSSR count). The minimum absolute atomic E-state index is 0.0454. The third-order valence-corrected chi connectivity index (χ3v) is 6.63. The van der Waals surface area contributed by atoms with Gasteiger partial charge in [-0.05, 0) is 76.0 Å². The van der Waals surface area contributed by atoms with Crippen molar-refractivity contribution in [2.75, 3.05) is 19.8 Å². The molecule has 0 saturated heterocycles. The predicted octanol–water partition coefficient (Wildman–Crippen LogP) is 4.90. The number of ether oxygens (including phenoxy) is 2. The van der Waals surface area contributed by atoms with Gasteiger partial charge in [-0.25, -0.2) is 4.79 Å². The Balaban J connectivity index is 1.63. The molecule has 1 atom stereocenters. The van der Waals surface area contributed by atoms with Gasteiger partial charge in [-0.1, -0.05) is 26.3 Å². The second kappa shape index (κ2) is 11.9. The Morgan fingerprint density at radius 2 is 1.70 bits per heavy atom. The van der Waals surface area contributed by atoms with Crippen LogP contribution in [0.25, 0.3) is 0 Å². The van der Waals surface area contributed by atoms with Crippen LogP contribution in [0.5, 0.6) is 0 Å². The van der Waals surface area contributed by atoms with E-state index in [1.807, 2.05) is 0 Å². The molecule has 0 bridgehead atoms. The van der Waals surface area contributed by atoms with Crippen LogP contribution in [-0.4, -0.2) is 37.0 Å². The van der Waals surface area contributed by atoms with Gasteiger partial charge in [0.05, 0.1) is 12.7 Å². The highest BCUT2D eigenvalue weighted by atomic mass is 16.5. The van der Waals surface area contributed by atoms with E-state index in [1.54, 1.807) is 6.92 Å². The lowest BCUT2D eigenvalue weighted by Crippen LogP contribution is -2.31. The van der Waals surface area contributed by atoms with Crippen molar-refractivity contribution in [1.29, 1.82) is 0 Å². The molecule has 0 aromatic rings. The monoisotopic (exact) mass is 380 g/mol. The van der Waals surface area contributed by atoms with Gasteiger partial charge in [-0.15, -0.1) is 0 Å². The first kappa shape index (κ1) is 22.4. The molecule has 0 spiro atoms. The van der Waals surface area contributed by atoms with E-state index in [2.05, 4.69) is 13.5 Å². The highest BCUT2D eigenvalue weighted by molar-refractivity contribution is 5.86. The van der Waals surface area contributed by atoms with Crippen molar-refractivity contribution < 1.29 is 19.4 Å². The van der Waals surface area contributed by atoms with E-state index in [9.17, 15) is 9.90 Å². The van der Waals surface area contributed by atoms with Crippen LogP contribution in [0.3, 0.4) is 0 Å². The standard InChI is InChI=1S/C23H40O4/c1-4-5-18-8-12-22(13-9-18)26-15-19-6-10-20(11-7-19)21(14-24)16-27-23(25)17(2)3/h18-22,24H,2,4-16H2,1,3H3. The predicted molar refractivity (Wildman–Crippen MR) is 108 cm³/mol. The van der Waals surface area contributed by atoms with Crippen LogP contribution in [0.2, 0.25) is 0 Å². The summed E-state index contributed by atoms with van der Waals surface area (Å²) in [5.41, 5.74) is 0.413. The summed E-state index contributed by atoms with van der Waals surface area (Å²) in [5.74, 6) is 1.70. The normalized spacial score (nSPS) is 29.9. The molecule has 0 radical (unpaired) electrons. The Morgan fingerprint density at radius 3 is 2.26 bits per heavy atom. The number of rotatable bonds is 10. The molecule has 0 amide bonds. The number of hydrogen-bond donors (Lipinski definition) is 1. The quantitative estimate of drug-likeness (QED) is 0.433. The van der Waals surface area contributed by atoms with Crippen molar-refractivity contribution in [3.05, 3.63) is 12.2 Å². The first-order valence-electron chi connectivity index (χ1n) is 11.1. The van der Waals surface area contributed by atoms with Gasteiger partial charge in [0.25, 0.3) is 0 Å². The lowest BCUT2D eigenvalue weighted by Gasteiger charge is -2.34. The van der Waals surface area contributed by atoms with Gasteiger partial charge < -0.3 is 14.6 Å². The fourth-order valence-electron chi connectivity index (χ4n) is 4.74. The fraction of sp³-hybridized carbons (Fsp3) is 0.870. The second-order valence-corrected chi connectivity index (χ2v) is 8.87. The van der Waals surface area contributed by atoms with Crippen LogP contribution in [0.4, 0.5) is 0 Å². The van der Waals surface area contributed by atoms with Gasteiger partial charge in [-0.2, -0.15) is 0 Å². The number of aliphatic hydroxyl groups is 1. The van der Waals surface area contributed by atoms with Crippen molar-refractivity contribution in [3.8, 4) is 0 Å². The molecule has 2 fully saturated rings. The largest absolute Gasteiger partial charge is 0.462 e. The van der Waals surface area contributed by atoms with Crippen LogP contribution in [-0.2, 0) is 14.3 Å². The van der Waals surface area contributed by atoms with Gasteiger partial charge >= 0.3 is 5.97 Å². The van der Waals surface area contributed by atoms with Gasteiger partial charge in [0.2, 0.25) is 0 Å². The van der Waals surface area contributed by atoms with Gasteiger partial charge in [0.1, 0.15) is 0 Å². The van der Waals surface area contributed by atoms with Crippen molar-refractivity contribution in [1.82, 2.24) is 0 Å². The molecular weight excluding hydrogens is 340 g/mol. The van der Waals surface area contributed by atoms with Crippen molar-refractivity contribution in [2.24, 2.45) is 23.7 Å². The zero-order chi connectivity index (χ0) is 19.6. The SMILES string of the molecule is C=C(C)C(=O)OCC(CO)C1CCC(COC2CCC(CCC)CC2)CC1. The van der Waals surface area contributed by atoms with E-state index in [-0.39, 0.29) is 18.5 Å². The summed E-state index contributed by atoms with van der Waals surface area (Å²) in [4.78, 5) is 11.6. The Kier molecular flexibility index (Phi) is 9.84. The van der Waals surface area contributed by atoms with E-state index in [0.29, 0.717) is 30.1 Å². The molecule has 4 heteroatoms. The summed E-state index contributed by atoms with van der Waals surface area (Å²) < 4.78 is 11.5. The number of carbonyl (C=O) groups excluding carboxylic acids is 1. The molecule has 27 heavy (non-hydrogen) atoms. The molecule has 4 nitrogen and oxygen atoms in total. The zero-order valence-electron chi connectivity index (χ0n) is 17.5. The Labute approximate surface area is 165 Å². The van der Waals surface area contributed by atoms with Crippen molar-refractivity contribution in [2.45, 2.75) is 84.2 Å². The molecule has 0 heterocycles. The Bertz CT molecular complexity index is 445. The fourth-order valence-corrected chi connectivity index (χ4v) is 4.74. The lowest BCUT2D eigenvalue weighted by atomic mass is 9.76. The first-order valence-corrected chi connectivity index (χ1v) is 11.1. The summed E-state index contributed by atoms with van der Waals surface area (Å²) in [7, 11) is 0. The molecule has 156 valence electrons. The molecular formula is C23H40O4. The first-order chi connectivity index (χ1) is 13.0. The Morgan fingerprint density at radius 1 is 1.07 bits per heavy atom. The summed E-state index contributed by atoms with van der Waals surface area (Å²) in [6, 6.07) is 0. The minimum atomic E-state index is -0.357. The molecule has 1 N–H and O–H groups in total. The van der Waals surface area contributed by atoms with E-state index in [0.717, 1.165) is 38.2 Å². The molecule has 1 unspecified atom stereocenters. The van der Waals surface area contributed by atoms with E-state index in [1.165, 1.54) is 38.5 Å². The Hall–Kier alpha value is -0.870. The van der Waals surface area contributed by atoms with Crippen molar-refractivity contribution in [3.63, 3.8) is 0 Å². The maximum absolute atomic E-state index is 11.6. The van der Waals surface area contributed by atoms with E-state index < -0.39 is 0 Å². The zero-order valence-corrected chi connectivity index (χ0v) is 17.5. The molecule has 0 aliphatic heterocycles. The van der Waals surface area contributed by atoms with Crippen LogP contribution in [0.1, 0.15) is 78.1 Å². The second-order valence-electron chi connectivity index (χ2n) is 8.87. The molecule has 2 aliphatic carbocycles. The number of hydrogen-bond acceptors (Lipinski definition) is 4.